The van der Waals surface area contributed by atoms with Crippen LogP contribution in [0.2, 0.25) is 0 Å². The van der Waals surface area contributed by atoms with Crippen LogP contribution in [0.15, 0.2) is 38.3 Å². The Bertz CT molecular complexity index is 1230. The molecule has 0 aromatic carbocycles. The van der Waals surface area contributed by atoms with Gasteiger partial charge in [-0.15, -0.1) is 45.8 Å². The van der Waals surface area contributed by atoms with Crippen LogP contribution in [0.1, 0.15) is 69.6 Å². The summed E-state index contributed by atoms with van der Waals surface area (Å²) in [5.41, 5.74) is 0. The minimum absolute atomic E-state index is 0.481. The van der Waals surface area contributed by atoms with Crippen LogP contribution in [0.5, 0.6) is 0 Å². The summed E-state index contributed by atoms with van der Waals surface area (Å²) in [6, 6.07) is 10.2. The van der Waals surface area contributed by atoms with Crippen molar-refractivity contribution >= 4 is 55.6 Å². The van der Waals surface area contributed by atoms with Crippen LogP contribution in [0.25, 0.3) is 19.5 Å². The molecular formula is C25H29NO2S5. The predicted octanol–water partition coefficient (Wildman–Crippen LogP) is 9.04. The van der Waals surface area contributed by atoms with Gasteiger partial charge in [-0.1, -0.05) is 39.0 Å². The SMILES string of the molecule is CCCCCCCCSc1ccc(-c2cc3c(s2)-c2sc(CCCCC#N)cc2S3(=O)=O)s1. The second-order valence-corrected chi connectivity index (χ2v) is 14.9. The van der Waals surface area contributed by atoms with Crippen molar-refractivity contribution in [2.45, 2.75) is 85.1 Å². The normalized spacial score (nSPS) is 13.7. The molecule has 0 radical (unpaired) electrons. The van der Waals surface area contributed by atoms with Gasteiger partial charge in [-0.05, 0) is 55.7 Å². The van der Waals surface area contributed by atoms with E-state index >= 15 is 0 Å². The number of hydrogen-bond acceptors (Lipinski definition) is 7. The van der Waals surface area contributed by atoms with Gasteiger partial charge in [0.05, 0.1) is 29.8 Å². The standard InChI is InChI=1S/C25H29NO2S5/c1-2-3-4-5-6-10-15-29-23-13-12-19(31-23)20-17-22-25(32-20)24-21(33(22,27)28)16-18(30-24)11-8-7-9-14-26/h12-13,16-17H,2-11,15H2,1H3. The van der Waals surface area contributed by atoms with Crippen molar-refractivity contribution in [3.05, 3.63) is 29.1 Å². The summed E-state index contributed by atoms with van der Waals surface area (Å²) in [6.45, 7) is 2.25. The Morgan fingerprint density at radius 2 is 1.64 bits per heavy atom. The van der Waals surface area contributed by atoms with Gasteiger partial charge in [-0.3, -0.25) is 0 Å². The van der Waals surface area contributed by atoms with Crippen LogP contribution in [0, 0.1) is 11.3 Å². The number of fused-ring (bicyclic) bond motifs is 3. The van der Waals surface area contributed by atoms with E-state index in [1.165, 1.54) is 42.7 Å². The van der Waals surface area contributed by atoms with Crippen LogP contribution in [0.3, 0.4) is 0 Å². The van der Waals surface area contributed by atoms with Gasteiger partial charge < -0.3 is 0 Å². The van der Waals surface area contributed by atoms with E-state index in [0.717, 1.165) is 49.4 Å². The Kier molecular flexibility index (Phi) is 8.75. The van der Waals surface area contributed by atoms with Gasteiger partial charge in [-0.25, -0.2) is 8.42 Å². The van der Waals surface area contributed by atoms with Gasteiger partial charge in [0.2, 0.25) is 9.84 Å². The molecule has 4 heterocycles. The monoisotopic (exact) mass is 535 g/mol. The molecule has 0 saturated carbocycles. The van der Waals surface area contributed by atoms with Crippen molar-refractivity contribution in [2.24, 2.45) is 0 Å². The third-order valence-electron chi connectivity index (χ3n) is 5.76. The van der Waals surface area contributed by atoms with E-state index in [9.17, 15) is 8.42 Å². The average Bonchev–Trinajstić information content (AvgIpc) is 3.55. The fourth-order valence-electron chi connectivity index (χ4n) is 3.96. The smallest absolute Gasteiger partial charge is 0.209 e. The lowest BCUT2D eigenvalue weighted by atomic mass is 10.1. The van der Waals surface area contributed by atoms with Gasteiger partial charge in [0, 0.05) is 21.1 Å². The number of hydrogen-bond donors (Lipinski definition) is 0. The Labute approximate surface area is 213 Å². The molecule has 0 atom stereocenters. The fraction of sp³-hybridized carbons (Fsp3) is 0.480. The zero-order valence-corrected chi connectivity index (χ0v) is 23.0. The van der Waals surface area contributed by atoms with Crippen molar-refractivity contribution in [3.8, 4) is 25.6 Å². The van der Waals surface area contributed by atoms with Crippen molar-refractivity contribution in [1.29, 1.82) is 5.26 Å². The van der Waals surface area contributed by atoms with Gasteiger partial charge in [-0.2, -0.15) is 5.26 Å². The minimum atomic E-state index is -3.42. The quantitative estimate of drug-likeness (QED) is 0.127. The lowest BCUT2D eigenvalue weighted by Crippen LogP contribution is -1.94. The maximum Gasteiger partial charge on any atom is 0.209 e. The molecule has 0 bridgehead atoms. The number of rotatable bonds is 13. The highest BCUT2D eigenvalue weighted by atomic mass is 32.2. The van der Waals surface area contributed by atoms with Crippen molar-refractivity contribution < 1.29 is 8.42 Å². The molecule has 0 aliphatic carbocycles. The van der Waals surface area contributed by atoms with Crippen LogP contribution in [0.4, 0.5) is 0 Å². The highest BCUT2D eigenvalue weighted by Crippen LogP contribution is 2.54. The summed E-state index contributed by atoms with van der Waals surface area (Å²) in [6.07, 6.45) is 11.1. The van der Waals surface area contributed by atoms with Gasteiger partial charge in [0.1, 0.15) is 0 Å². The number of aryl methyl sites for hydroxylation is 1. The van der Waals surface area contributed by atoms with E-state index in [4.69, 9.17) is 5.26 Å². The Morgan fingerprint density at radius 1 is 0.879 bits per heavy atom. The number of unbranched alkanes of at least 4 members (excludes halogenated alkanes) is 7. The Hall–Kier alpha value is -1.11. The first-order chi connectivity index (χ1) is 16.0. The molecule has 4 rings (SSSR count). The summed E-state index contributed by atoms with van der Waals surface area (Å²) >= 11 is 6.91. The maximum absolute atomic E-state index is 13.2. The second kappa shape index (κ2) is 11.5. The third-order valence-corrected chi connectivity index (χ3v) is 12.9. The summed E-state index contributed by atoms with van der Waals surface area (Å²) < 4.78 is 27.6. The molecule has 3 aromatic rings. The first-order valence-electron chi connectivity index (χ1n) is 11.7. The molecule has 0 amide bonds. The number of thiophene rings is 3. The second-order valence-electron chi connectivity index (χ2n) is 8.31. The van der Waals surface area contributed by atoms with Crippen LogP contribution in [-0.4, -0.2) is 14.2 Å². The number of sulfone groups is 1. The van der Waals surface area contributed by atoms with E-state index in [2.05, 4.69) is 25.1 Å². The van der Waals surface area contributed by atoms with Gasteiger partial charge in [0.15, 0.2) is 0 Å². The van der Waals surface area contributed by atoms with Gasteiger partial charge in [0.25, 0.3) is 0 Å². The first kappa shape index (κ1) is 25.0. The van der Waals surface area contributed by atoms with Crippen LogP contribution >= 0.6 is 45.8 Å². The summed E-state index contributed by atoms with van der Waals surface area (Å²) in [7, 11) is -3.42. The molecule has 176 valence electrons. The molecule has 0 saturated heterocycles. The van der Waals surface area contributed by atoms with Gasteiger partial charge >= 0.3 is 0 Å². The minimum Gasteiger partial charge on any atom is -0.218 e. The molecule has 1 aliphatic rings. The molecule has 8 heteroatoms. The molecule has 0 unspecified atom stereocenters. The van der Waals surface area contributed by atoms with Crippen molar-refractivity contribution in [1.82, 2.24) is 0 Å². The maximum atomic E-state index is 13.2. The molecule has 3 nitrogen and oxygen atoms in total. The lowest BCUT2D eigenvalue weighted by molar-refractivity contribution is 0.599. The molecule has 3 aromatic heterocycles. The van der Waals surface area contributed by atoms with E-state index < -0.39 is 9.84 Å². The zero-order chi connectivity index (χ0) is 23.3. The molecule has 0 spiro atoms. The molecule has 1 aliphatic heterocycles. The van der Waals surface area contributed by atoms with E-state index in [1.54, 1.807) is 34.0 Å². The lowest BCUT2D eigenvalue weighted by Gasteiger charge is -2.00. The number of nitriles is 1. The Balaban J connectivity index is 1.41. The highest BCUT2D eigenvalue weighted by Gasteiger charge is 2.37. The molecular weight excluding hydrogens is 507 g/mol. The highest BCUT2D eigenvalue weighted by molar-refractivity contribution is 8.01. The average molecular weight is 536 g/mol. The topological polar surface area (TPSA) is 57.9 Å². The summed E-state index contributed by atoms with van der Waals surface area (Å²) in [4.78, 5) is 6.09. The summed E-state index contributed by atoms with van der Waals surface area (Å²) in [5, 5.41) is 8.70. The first-order valence-corrected chi connectivity index (χ1v) is 16.6. The van der Waals surface area contributed by atoms with Crippen LogP contribution in [-0.2, 0) is 16.3 Å². The van der Waals surface area contributed by atoms with Crippen LogP contribution < -0.4 is 0 Å². The van der Waals surface area contributed by atoms with E-state index in [-0.39, 0.29) is 0 Å². The third kappa shape index (κ3) is 5.76. The predicted molar refractivity (Wildman–Crippen MR) is 144 cm³/mol. The van der Waals surface area contributed by atoms with E-state index in [0.29, 0.717) is 16.2 Å². The van der Waals surface area contributed by atoms with E-state index in [1.807, 2.05) is 23.9 Å². The zero-order valence-electron chi connectivity index (χ0n) is 18.9. The van der Waals surface area contributed by atoms with Crippen molar-refractivity contribution in [2.75, 3.05) is 5.75 Å². The molecule has 33 heavy (non-hydrogen) atoms. The summed E-state index contributed by atoms with van der Waals surface area (Å²) in [5.74, 6) is 1.15. The number of nitrogens with zero attached hydrogens (tertiary/aromatic N) is 1. The molecule has 0 N–H and O–H groups in total. The largest absolute Gasteiger partial charge is 0.218 e. The Morgan fingerprint density at radius 3 is 2.45 bits per heavy atom. The van der Waals surface area contributed by atoms with Crippen molar-refractivity contribution in [3.63, 3.8) is 0 Å². The number of thioether (sulfide) groups is 1. The molecule has 0 fully saturated rings. The fourth-order valence-corrected chi connectivity index (χ4v) is 11.2.